The third-order valence-corrected chi connectivity index (χ3v) is 3.45. The minimum atomic E-state index is 0.0481. The number of halogens is 2. The van der Waals surface area contributed by atoms with E-state index in [-0.39, 0.29) is 12.2 Å². The molecule has 2 rings (SSSR count). The third kappa shape index (κ3) is 2.86. The molecule has 0 aliphatic heterocycles. The van der Waals surface area contributed by atoms with Gasteiger partial charge in [0.05, 0.1) is 0 Å². The lowest BCUT2D eigenvalue weighted by atomic mass is 9.85. The van der Waals surface area contributed by atoms with E-state index in [1.807, 2.05) is 7.05 Å². The molecule has 0 saturated heterocycles. The molecule has 3 atom stereocenters. The number of nitrogens with one attached hydrogen (secondary N) is 1. The predicted molar refractivity (Wildman–Crippen MR) is 69.1 cm³/mol. The van der Waals surface area contributed by atoms with Crippen LogP contribution in [-0.2, 0) is 4.74 Å². The lowest BCUT2D eigenvalue weighted by Crippen LogP contribution is -2.60. The van der Waals surface area contributed by atoms with Crippen molar-refractivity contribution in [2.45, 2.75) is 24.7 Å². The van der Waals surface area contributed by atoms with Crippen molar-refractivity contribution in [3.8, 4) is 5.75 Å². The molecule has 1 fully saturated rings. The molecular weight excluding hydrogens is 261 g/mol. The standard InChI is InChI=1S/C12H15Cl2NO2/c1-15-10-6-11(12(10)16-2)17-9-4-7(13)3-8(14)5-9/h3-5,10-12,15H,6H2,1-2H3. The fourth-order valence-corrected chi connectivity index (χ4v) is 2.57. The molecule has 1 aliphatic rings. The maximum Gasteiger partial charge on any atom is 0.128 e. The zero-order valence-electron chi connectivity index (χ0n) is 9.74. The Bertz CT molecular complexity index is 380. The predicted octanol–water partition coefficient (Wildman–Crippen LogP) is 2.75. The van der Waals surface area contributed by atoms with E-state index in [9.17, 15) is 0 Å². The highest BCUT2D eigenvalue weighted by atomic mass is 35.5. The van der Waals surface area contributed by atoms with Crippen molar-refractivity contribution in [2.75, 3.05) is 14.2 Å². The number of benzene rings is 1. The second-order valence-electron chi connectivity index (χ2n) is 4.09. The molecule has 0 bridgehead atoms. The van der Waals surface area contributed by atoms with Gasteiger partial charge in [-0.05, 0) is 25.2 Å². The average Bonchev–Trinajstić information content (AvgIpc) is 2.22. The molecule has 3 unspecified atom stereocenters. The molecule has 0 radical (unpaired) electrons. The number of methoxy groups -OCH3 is 1. The highest BCUT2D eigenvalue weighted by molar-refractivity contribution is 6.34. The zero-order valence-corrected chi connectivity index (χ0v) is 11.3. The maximum absolute atomic E-state index is 5.91. The summed E-state index contributed by atoms with van der Waals surface area (Å²) < 4.78 is 11.2. The van der Waals surface area contributed by atoms with E-state index in [1.165, 1.54) is 0 Å². The quantitative estimate of drug-likeness (QED) is 0.917. The fourth-order valence-electron chi connectivity index (χ4n) is 2.07. The minimum absolute atomic E-state index is 0.0481. The minimum Gasteiger partial charge on any atom is -0.487 e. The molecular formula is C12H15Cl2NO2. The van der Waals surface area contributed by atoms with Crippen LogP contribution in [0.2, 0.25) is 10.0 Å². The van der Waals surface area contributed by atoms with Gasteiger partial charge in [0.15, 0.2) is 0 Å². The van der Waals surface area contributed by atoms with E-state index in [2.05, 4.69) is 5.32 Å². The molecule has 1 N–H and O–H groups in total. The van der Waals surface area contributed by atoms with Crippen molar-refractivity contribution >= 4 is 23.2 Å². The second-order valence-corrected chi connectivity index (χ2v) is 4.97. The highest BCUT2D eigenvalue weighted by Crippen LogP contribution is 2.31. The van der Waals surface area contributed by atoms with Crippen molar-refractivity contribution in [3.63, 3.8) is 0 Å². The monoisotopic (exact) mass is 275 g/mol. The molecule has 5 heteroatoms. The van der Waals surface area contributed by atoms with Gasteiger partial charge >= 0.3 is 0 Å². The fraction of sp³-hybridized carbons (Fsp3) is 0.500. The van der Waals surface area contributed by atoms with Gasteiger partial charge in [0.25, 0.3) is 0 Å². The van der Waals surface area contributed by atoms with Crippen molar-refractivity contribution in [2.24, 2.45) is 0 Å². The van der Waals surface area contributed by atoms with Crippen LogP contribution >= 0.6 is 23.2 Å². The van der Waals surface area contributed by atoms with Crippen LogP contribution in [0, 0.1) is 0 Å². The summed E-state index contributed by atoms with van der Waals surface area (Å²) in [5.74, 6) is 0.684. The summed E-state index contributed by atoms with van der Waals surface area (Å²) in [6.07, 6.45) is 1.03. The number of likely N-dealkylation sites (N-methyl/N-ethyl adjacent to an activating group) is 1. The third-order valence-electron chi connectivity index (χ3n) is 3.02. The summed E-state index contributed by atoms with van der Waals surface area (Å²) in [6, 6.07) is 5.54. The lowest BCUT2D eigenvalue weighted by molar-refractivity contribution is -0.0869. The first-order valence-corrected chi connectivity index (χ1v) is 6.22. The van der Waals surface area contributed by atoms with Gasteiger partial charge in [-0.25, -0.2) is 0 Å². The Hall–Kier alpha value is -0.480. The van der Waals surface area contributed by atoms with E-state index in [0.717, 1.165) is 6.42 Å². The van der Waals surface area contributed by atoms with Crippen molar-refractivity contribution in [3.05, 3.63) is 28.2 Å². The average molecular weight is 276 g/mol. The summed E-state index contributed by atoms with van der Waals surface area (Å²) in [5, 5.41) is 4.33. The van der Waals surface area contributed by atoms with Crippen LogP contribution in [0.1, 0.15) is 6.42 Å². The number of hydrogen-bond donors (Lipinski definition) is 1. The number of hydrogen-bond acceptors (Lipinski definition) is 3. The summed E-state index contributed by atoms with van der Waals surface area (Å²) >= 11 is 11.8. The highest BCUT2D eigenvalue weighted by Gasteiger charge is 2.42. The Morgan fingerprint density at radius 2 is 1.88 bits per heavy atom. The molecule has 3 nitrogen and oxygen atoms in total. The van der Waals surface area contributed by atoms with Gasteiger partial charge in [0.2, 0.25) is 0 Å². The van der Waals surface area contributed by atoms with Gasteiger partial charge in [0, 0.05) is 29.6 Å². The maximum atomic E-state index is 5.91. The Morgan fingerprint density at radius 3 is 2.41 bits per heavy atom. The Labute approximate surface area is 111 Å². The Balaban J connectivity index is 2.02. The van der Waals surface area contributed by atoms with E-state index in [0.29, 0.717) is 21.8 Å². The lowest BCUT2D eigenvalue weighted by Gasteiger charge is -2.43. The largest absolute Gasteiger partial charge is 0.487 e. The van der Waals surface area contributed by atoms with Gasteiger partial charge in [-0.3, -0.25) is 0 Å². The van der Waals surface area contributed by atoms with Crippen LogP contribution in [0.3, 0.4) is 0 Å². The van der Waals surface area contributed by atoms with Crippen LogP contribution in [0.5, 0.6) is 5.75 Å². The van der Waals surface area contributed by atoms with Crippen molar-refractivity contribution < 1.29 is 9.47 Å². The molecule has 0 heterocycles. The Kier molecular flexibility index (Phi) is 4.15. The van der Waals surface area contributed by atoms with Gasteiger partial charge in [-0.2, -0.15) is 0 Å². The first-order chi connectivity index (χ1) is 8.13. The molecule has 1 aromatic rings. The number of rotatable bonds is 4. The van der Waals surface area contributed by atoms with E-state index in [4.69, 9.17) is 32.7 Å². The summed E-state index contributed by atoms with van der Waals surface area (Å²) in [7, 11) is 3.61. The normalized spacial score (nSPS) is 27.6. The van der Waals surface area contributed by atoms with Crippen LogP contribution in [0.25, 0.3) is 0 Å². The SMILES string of the molecule is CNC1CC(Oc2cc(Cl)cc(Cl)c2)C1OC. The van der Waals surface area contributed by atoms with Gasteiger partial charge in [-0.1, -0.05) is 23.2 Å². The van der Waals surface area contributed by atoms with Gasteiger partial charge < -0.3 is 14.8 Å². The smallest absolute Gasteiger partial charge is 0.128 e. The molecule has 0 amide bonds. The molecule has 0 spiro atoms. The van der Waals surface area contributed by atoms with E-state index in [1.54, 1.807) is 25.3 Å². The van der Waals surface area contributed by atoms with Gasteiger partial charge in [-0.15, -0.1) is 0 Å². The van der Waals surface area contributed by atoms with E-state index < -0.39 is 0 Å². The molecule has 1 saturated carbocycles. The zero-order chi connectivity index (χ0) is 12.4. The topological polar surface area (TPSA) is 30.5 Å². The molecule has 1 aliphatic carbocycles. The Morgan fingerprint density at radius 1 is 1.24 bits per heavy atom. The number of ether oxygens (including phenoxy) is 2. The van der Waals surface area contributed by atoms with Crippen molar-refractivity contribution in [1.82, 2.24) is 5.32 Å². The first-order valence-electron chi connectivity index (χ1n) is 5.47. The molecule has 94 valence electrons. The first kappa shape index (κ1) is 13.0. The summed E-state index contributed by atoms with van der Waals surface area (Å²) in [5.41, 5.74) is 0. The van der Waals surface area contributed by atoms with Crippen LogP contribution < -0.4 is 10.1 Å². The summed E-state index contributed by atoms with van der Waals surface area (Å²) in [6.45, 7) is 0. The molecule has 17 heavy (non-hydrogen) atoms. The second kappa shape index (κ2) is 5.44. The molecule has 0 aromatic heterocycles. The molecule has 1 aromatic carbocycles. The van der Waals surface area contributed by atoms with Gasteiger partial charge in [0.1, 0.15) is 18.0 Å². The van der Waals surface area contributed by atoms with Crippen LogP contribution in [0.15, 0.2) is 18.2 Å². The van der Waals surface area contributed by atoms with E-state index >= 15 is 0 Å². The van der Waals surface area contributed by atoms with Crippen molar-refractivity contribution in [1.29, 1.82) is 0 Å². The van der Waals surface area contributed by atoms with Crippen LogP contribution in [0.4, 0.5) is 0 Å². The van der Waals surface area contributed by atoms with Crippen LogP contribution in [-0.4, -0.2) is 32.4 Å². The summed E-state index contributed by atoms with van der Waals surface area (Å²) in [4.78, 5) is 0.